The monoisotopic (exact) mass is 270 g/mol. The Morgan fingerprint density at radius 3 is 3.00 bits per heavy atom. The molecular weight excluding hydrogens is 256 g/mol. The second-order valence-corrected chi connectivity index (χ2v) is 5.57. The number of aryl methyl sites for hydroxylation is 1. The molecular formula is C15H14N2O3. The molecule has 1 aromatic heterocycles. The fourth-order valence-electron chi connectivity index (χ4n) is 3.11. The highest BCUT2D eigenvalue weighted by Crippen LogP contribution is 2.47. The standard InChI is InChI=1S/C15H14N2O3/c18-15(19)12-7-11(12)14-16-13(17-20-14)10-6-5-8-3-1-2-4-9(8)10/h1-4,10-12H,5-7H2,(H,18,19). The second kappa shape index (κ2) is 4.16. The van der Waals surface area contributed by atoms with Gasteiger partial charge in [0.25, 0.3) is 0 Å². The molecule has 0 spiro atoms. The highest BCUT2D eigenvalue weighted by molar-refractivity contribution is 5.74. The normalized spacial score (nSPS) is 27.3. The molecule has 3 atom stereocenters. The van der Waals surface area contributed by atoms with E-state index in [0.29, 0.717) is 18.1 Å². The summed E-state index contributed by atoms with van der Waals surface area (Å²) in [6, 6.07) is 8.32. The predicted octanol–water partition coefficient (Wildman–Crippen LogP) is 2.34. The molecule has 102 valence electrons. The van der Waals surface area contributed by atoms with E-state index in [-0.39, 0.29) is 17.8 Å². The van der Waals surface area contributed by atoms with Gasteiger partial charge in [0.05, 0.1) is 11.8 Å². The molecule has 20 heavy (non-hydrogen) atoms. The van der Waals surface area contributed by atoms with Gasteiger partial charge >= 0.3 is 5.97 Å². The Balaban J connectivity index is 1.60. The zero-order chi connectivity index (χ0) is 13.7. The van der Waals surface area contributed by atoms with Crippen molar-refractivity contribution in [3.63, 3.8) is 0 Å². The molecule has 0 amide bonds. The van der Waals surface area contributed by atoms with Gasteiger partial charge in [0.1, 0.15) is 0 Å². The fourth-order valence-corrected chi connectivity index (χ4v) is 3.11. The van der Waals surface area contributed by atoms with E-state index in [9.17, 15) is 4.79 Å². The number of carboxylic acids is 1. The maximum atomic E-state index is 10.9. The maximum absolute atomic E-state index is 10.9. The van der Waals surface area contributed by atoms with Crippen LogP contribution in [0.15, 0.2) is 28.8 Å². The number of aliphatic carboxylic acids is 1. The number of benzene rings is 1. The molecule has 1 heterocycles. The van der Waals surface area contributed by atoms with Crippen LogP contribution in [0.5, 0.6) is 0 Å². The molecule has 3 unspecified atom stereocenters. The van der Waals surface area contributed by atoms with Gasteiger partial charge in [0.15, 0.2) is 5.82 Å². The van der Waals surface area contributed by atoms with Crippen molar-refractivity contribution in [2.24, 2.45) is 5.92 Å². The Morgan fingerprint density at radius 1 is 1.35 bits per heavy atom. The van der Waals surface area contributed by atoms with E-state index in [1.165, 1.54) is 11.1 Å². The third-order valence-electron chi connectivity index (χ3n) is 4.33. The van der Waals surface area contributed by atoms with Gasteiger partial charge in [0, 0.05) is 5.92 Å². The zero-order valence-corrected chi connectivity index (χ0v) is 10.8. The molecule has 1 aromatic carbocycles. The van der Waals surface area contributed by atoms with Crippen molar-refractivity contribution >= 4 is 5.97 Å². The first kappa shape index (κ1) is 11.6. The van der Waals surface area contributed by atoms with Gasteiger partial charge in [-0.1, -0.05) is 29.4 Å². The van der Waals surface area contributed by atoms with Crippen molar-refractivity contribution in [3.05, 3.63) is 47.1 Å². The lowest BCUT2D eigenvalue weighted by Crippen LogP contribution is -2.00. The van der Waals surface area contributed by atoms with Crippen LogP contribution in [0.4, 0.5) is 0 Å². The SMILES string of the molecule is O=C(O)C1CC1c1nc(C2CCc3ccccc32)no1. The topological polar surface area (TPSA) is 76.2 Å². The molecule has 2 aromatic rings. The maximum Gasteiger partial charge on any atom is 0.307 e. The predicted molar refractivity (Wildman–Crippen MR) is 69.4 cm³/mol. The fraction of sp³-hybridized carbons (Fsp3) is 0.400. The molecule has 0 radical (unpaired) electrons. The van der Waals surface area contributed by atoms with Crippen molar-refractivity contribution in [1.82, 2.24) is 10.1 Å². The van der Waals surface area contributed by atoms with Crippen molar-refractivity contribution < 1.29 is 14.4 Å². The van der Waals surface area contributed by atoms with Gasteiger partial charge < -0.3 is 9.63 Å². The molecule has 5 nitrogen and oxygen atoms in total. The van der Waals surface area contributed by atoms with Crippen LogP contribution in [-0.2, 0) is 11.2 Å². The van der Waals surface area contributed by atoms with Crippen LogP contribution in [0.2, 0.25) is 0 Å². The van der Waals surface area contributed by atoms with Crippen LogP contribution >= 0.6 is 0 Å². The summed E-state index contributed by atoms with van der Waals surface area (Å²) < 4.78 is 5.27. The minimum Gasteiger partial charge on any atom is -0.481 e. The van der Waals surface area contributed by atoms with Crippen LogP contribution in [0.1, 0.15) is 47.5 Å². The number of rotatable bonds is 3. The lowest BCUT2D eigenvalue weighted by molar-refractivity contribution is -0.138. The zero-order valence-electron chi connectivity index (χ0n) is 10.8. The summed E-state index contributed by atoms with van der Waals surface area (Å²) in [6.45, 7) is 0. The largest absolute Gasteiger partial charge is 0.481 e. The molecule has 2 aliphatic rings. The molecule has 4 rings (SSSR count). The average molecular weight is 270 g/mol. The number of carbonyl (C=O) groups is 1. The first-order valence-electron chi connectivity index (χ1n) is 6.88. The highest BCUT2D eigenvalue weighted by Gasteiger charge is 2.48. The number of hydrogen-bond acceptors (Lipinski definition) is 4. The molecule has 1 N–H and O–H groups in total. The van der Waals surface area contributed by atoms with Crippen molar-refractivity contribution in [3.8, 4) is 0 Å². The number of aromatic nitrogens is 2. The Morgan fingerprint density at radius 2 is 2.20 bits per heavy atom. The number of carboxylic acid groups (broad SMARTS) is 1. The minimum absolute atomic E-state index is 0.0922. The van der Waals surface area contributed by atoms with Crippen LogP contribution in [-0.4, -0.2) is 21.2 Å². The summed E-state index contributed by atoms with van der Waals surface area (Å²) in [6.07, 6.45) is 2.63. The third-order valence-corrected chi connectivity index (χ3v) is 4.33. The van der Waals surface area contributed by atoms with Gasteiger partial charge in [-0.15, -0.1) is 0 Å². The van der Waals surface area contributed by atoms with Crippen molar-refractivity contribution in [2.75, 3.05) is 0 Å². The summed E-state index contributed by atoms with van der Waals surface area (Å²) in [5.41, 5.74) is 2.61. The van der Waals surface area contributed by atoms with Crippen molar-refractivity contribution in [1.29, 1.82) is 0 Å². The van der Waals surface area contributed by atoms with Crippen LogP contribution < -0.4 is 0 Å². The van der Waals surface area contributed by atoms with Crippen LogP contribution in [0.3, 0.4) is 0 Å². The smallest absolute Gasteiger partial charge is 0.307 e. The van der Waals surface area contributed by atoms with Gasteiger partial charge in [0.2, 0.25) is 5.89 Å². The van der Waals surface area contributed by atoms with E-state index in [1.807, 2.05) is 12.1 Å². The van der Waals surface area contributed by atoms with Gasteiger partial charge in [-0.25, -0.2) is 0 Å². The summed E-state index contributed by atoms with van der Waals surface area (Å²) in [5.74, 6) is 0.147. The average Bonchev–Trinajstić information content (AvgIpc) is 2.93. The van der Waals surface area contributed by atoms with E-state index < -0.39 is 5.97 Å². The Bertz CT molecular complexity index is 679. The van der Waals surface area contributed by atoms with E-state index in [0.717, 1.165) is 12.8 Å². The first-order chi connectivity index (χ1) is 9.74. The van der Waals surface area contributed by atoms with Gasteiger partial charge in [-0.3, -0.25) is 4.79 Å². The van der Waals surface area contributed by atoms with Gasteiger partial charge in [-0.05, 0) is 30.4 Å². The summed E-state index contributed by atoms with van der Waals surface area (Å²) in [5, 5.41) is 13.0. The molecule has 0 aliphatic heterocycles. The number of hydrogen-bond donors (Lipinski definition) is 1. The van der Waals surface area contributed by atoms with Crippen molar-refractivity contribution in [2.45, 2.75) is 31.1 Å². The molecule has 0 saturated heterocycles. The van der Waals surface area contributed by atoms with Crippen LogP contribution in [0.25, 0.3) is 0 Å². The molecule has 5 heteroatoms. The Labute approximate surface area is 115 Å². The quantitative estimate of drug-likeness (QED) is 0.926. The van der Waals surface area contributed by atoms with E-state index in [4.69, 9.17) is 9.63 Å². The van der Waals surface area contributed by atoms with Gasteiger partial charge in [-0.2, -0.15) is 4.98 Å². The minimum atomic E-state index is -0.777. The Hall–Kier alpha value is -2.17. The second-order valence-electron chi connectivity index (χ2n) is 5.57. The molecule has 1 saturated carbocycles. The van der Waals surface area contributed by atoms with E-state index in [2.05, 4.69) is 22.3 Å². The lowest BCUT2D eigenvalue weighted by atomic mass is 10.0. The number of fused-ring (bicyclic) bond motifs is 1. The molecule has 0 bridgehead atoms. The summed E-state index contributed by atoms with van der Waals surface area (Å²) in [4.78, 5) is 15.3. The van der Waals surface area contributed by atoms with E-state index in [1.54, 1.807) is 0 Å². The Kier molecular flexibility index (Phi) is 2.42. The van der Waals surface area contributed by atoms with Crippen LogP contribution in [0, 0.1) is 5.92 Å². The summed E-state index contributed by atoms with van der Waals surface area (Å²) in [7, 11) is 0. The lowest BCUT2D eigenvalue weighted by Gasteiger charge is -2.05. The molecule has 1 fully saturated rings. The highest BCUT2D eigenvalue weighted by atomic mass is 16.5. The first-order valence-corrected chi connectivity index (χ1v) is 6.88. The number of nitrogens with zero attached hydrogens (tertiary/aromatic N) is 2. The molecule has 2 aliphatic carbocycles. The third kappa shape index (κ3) is 1.73. The van der Waals surface area contributed by atoms with E-state index >= 15 is 0 Å². The summed E-state index contributed by atoms with van der Waals surface area (Å²) >= 11 is 0.